The van der Waals surface area contributed by atoms with Crippen LogP contribution in [-0.2, 0) is 16.6 Å². The minimum Gasteiger partial charge on any atom is -0.380 e. The van der Waals surface area contributed by atoms with Gasteiger partial charge < -0.3 is 15.5 Å². The molecule has 1 aromatic carbocycles. The number of rotatable bonds is 5. The molecular formula is C25H32ClF3N4O. The van der Waals surface area contributed by atoms with Crippen LogP contribution in [0.25, 0.3) is 0 Å². The summed E-state index contributed by atoms with van der Waals surface area (Å²) in [5, 5.41) is 6.59. The summed E-state index contributed by atoms with van der Waals surface area (Å²) >= 11 is 0. The van der Waals surface area contributed by atoms with E-state index in [4.69, 9.17) is 0 Å². The Labute approximate surface area is 204 Å². The first-order valence-corrected chi connectivity index (χ1v) is 11.4. The van der Waals surface area contributed by atoms with Crippen LogP contribution in [0, 0.1) is 5.92 Å². The number of nitrogens with zero attached hydrogens (tertiary/aromatic N) is 2. The number of amides is 1. The highest BCUT2D eigenvalue weighted by atomic mass is 35.5. The number of hydrogen-bond acceptors (Lipinski definition) is 4. The molecule has 1 saturated heterocycles. The third-order valence-corrected chi connectivity index (χ3v) is 7.15. The number of carbonyl (C=O) groups is 1. The number of nitrogens with one attached hydrogen (secondary N) is 2. The number of halogens is 4. The molecule has 2 N–H and O–H groups in total. The third kappa shape index (κ3) is 5.18. The number of benzene rings is 1. The normalized spacial score (nSPS) is 20.7. The van der Waals surface area contributed by atoms with Gasteiger partial charge in [-0.15, -0.1) is 12.4 Å². The van der Waals surface area contributed by atoms with E-state index in [0.29, 0.717) is 31.6 Å². The fourth-order valence-corrected chi connectivity index (χ4v) is 5.14. The SMILES string of the molecule is CN(C(=O)C1CCNCC1)[C@@H](c1ccc(NC2Cc3ccccc3C2(C)C)cn1)C(F)(F)F.Cl. The van der Waals surface area contributed by atoms with Crippen molar-refractivity contribution in [2.45, 2.75) is 56.8 Å². The summed E-state index contributed by atoms with van der Waals surface area (Å²) in [7, 11) is 1.23. The third-order valence-electron chi connectivity index (χ3n) is 7.15. The Morgan fingerprint density at radius 3 is 2.44 bits per heavy atom. The molecule has 4 rings (SSSR count). The van der Waals surface area contributed by atoms with Gasteiger partial charge in [-0.3, -0.25) is 9.78 Å². The summed E-state index contributed by atoms with van der Waals surface area (Å²) in [5.41, 5.74) is 2.93. The molecule has 2 aromatic rings. The van der Waals surface area contributed by atoms with Crippen molar-refractivity contribution in [1.29, 1.82) is 0 Å². The van der Waals surface area contributed by atoms with Crippen LogP contribution >= 0.6 is 12.4 Å². The van der Waals surface area contributed by atoms with E-state index in [1.807, 2.05) is 12.1 Å². The molecule has 9 heteroatoms. The summed E-state index contributed by atoms with van der Waals surface area (Å²) in [5.74, 6) is -0.874. The molecule has 0 spiro atoms. The van der Waals surface area contributed by atoms with Crippen LogP contribution in [0.2, 0.25) is 0 Å². The average molecular weight is 497 g/mol. The average Bonchev–Trinajstić information content (AvgIpc) is 3.04. The number of alkyl halides is 3. The van der Waals surface area contributed by atoms with Gasteiger partial charge in [0.2, 0.25) is 5.91 Å². The predicted octanol–water partition coefficient (Wildman–Crippen LogP) is 4.88. The lowest BCUT2D eigenvalue weighted by atomic mass is 9.83. The van der Waals surface area contributed by atoms with Crippen LogP contribution in [0.15, 0.2) is 42.6 Å². The van der Waals surface area contributed by atoms with E-state index in [2.05, 4.69) is 41.6 Å². The number of carbonyl (C=O) groups excluding carboxylic acids is 1. The summed E-state index contributed by atoms with van der Waals surface area (Å²) in [6, 6.07) is 9.33. The standard InChI is InChI=1S/C25H31F3N4O.ClH/c1-24(2)19-7-5-4-6-17(19)14-21(24)31-18-8-9-20(30-15-18)22(25(26,27)28)32(3)23(33)16-10-12-29-13-11-16;/h4-9,15-16,21-22,29,31H,10-14H2,1-3H3;1H/t21?,22-;/m0./s1. The molecule has 34 heavy (non-hydrogen) atoms. The van der Waals surface area contributed by atoms with Gasteiger partial charge in [-0.05, 0) is 55.6 Å². The minimum absolute atomic E-state index is 0. The topological polar surface area (TPSA) is 57.3 Å². The largest absolute Gasteiger partial charge is 0.414 e. The van der Waals surface area contributed by atoms with Crippen molar-refractivity contribution in [3.8, 4) is 0 Å². The fourth-order valence-electron chi connectivity index (χ4n) is 5.14. The van der Waals surface area contributed by atoms with E-state index >= 15 is 0 Å². The van der Waals surface area contributed by atoms with Crippen LogP contribution in [-0.4, -0.2) is 48.1 Å². The maximum absolute atomic E-state index is 14.0. The van der Waals surface area contributed by atoms with Crippen LogP contribution in [0.1, 0.15) is 49.6 Å². The predicted molar refractivity (Wildman–Crippen MR) is 129 cm³/mol. The number of pyridine rings is 1. The van der Waals surface area contributed by atoms with Crippen LogP contribution in [0.4, 0.5) is 18.9 Å². The van der Waals surface area contributed by atoms with E-state index in [1.54, 1.807) is 6.07 Å². The molecule has 1 aliphatic carbocycles. The van der Waals surface area contributed by atoms with E-state index in [-0.39, 0.29) is 29.6 Å². The first kappa shape index (κ1) is 26.3. The fraction of sp³-hybridized carbons (Fsp3) is 0.520. The van der Waals surface area contributed by atoms with Crippen molar-refractivity contribution in [2.24, 2.45) is 5.92 Å². The van der Waals surface area contributed by atoms with Crippen LogP contribution in [0.3, 0.4) is 0 Å². The maximum Gasteiger partial charge on any atom is 0.414 e. The first-order chi connectivity index (χ1) is 15.6. The van der Waals surface area contributed by atoms with Gasteiger partial charge in [0.25, 0.3) is 0 Å². The van der Waals surface area contributed by atoms with E-state index in [0.717, 1.165) is 11.3 Å². The second kappa shape index (κ2) is 10.1. The van der Waals surface area contributed by atoms with Crippen molar-refractivity contribution in [3.63, 3.8) is 0 Å². The first-order valence-electron chi connectivity index (χ1n) is 11.4. The Morgan fingerprint density at radius 1 is 1.18 bits per heavy atom. The molecule has 1 aliphatic heterocycles. The van der Waals surface area contributed by atoms with Crippen molar-refractivity contribution < 1.29 is 18.0 Å². The van der Waals surface area contributed by atoms with Gasteiger partial charge >= 0.3 is 6.18 Å². The molecule has 1 unspecified atom stereocenters. The zero-order valence-electron chi connectivity index (χ0n) is 19.7. The van der Waals surface area contributed by atoms with Crippen molar-refractivity contribution in [3.05, 3.63) is 59.4 Å². The van der Waals surface area contributed by atoms with Crippen molar-refractivity contribution in [1.82, 2.24) is 15.2 Å². The van der Waals surface area contributed by atoms with Gasteiger partial charge in [-0.2, -0.15) is 13.2 Å². The van der Waals surface area contributed by atoms with Gasteiger partial charge in [0.05, 0.1) is 17.6 Å². The number of aromatic nitrogens is 1. The summed E-state index contributed by atoms with van der Waals surface area (Å²) < 4.78 is 42.0. The van der Waals surface area contributed by atoms with Gasteiger partial charge in [0.15, 0.2) is 6.04 Å². The number of anilines is 1. The van der Waals surface area contributed by atoms with Crippen LogP contribution < -0.4 is 10.6 Å². The zero-order chi connectivity index (χ0) is 23.8. The summed E-state index contributed by atoms with van der Waals surface area (Å²) in [6.07, 6.45) is -1.25. The maximum atomic E-state index is 14.0. The second-order valence-corrected chi connectivity index (χ2v) is 9.67. The molecule has 2 aliphatic rings. The quantitative estimate of drug-likeness (QED) is 0.619. The molecule has 1 aromatic heterocycles. The summed E-state index contributed by atoms with van der Waals surface area (Å²) in [6.45, 7) is 5.61. The lowest BCUT2D eigenvalue weighted by Crippen LogP contribution is -2.45. The molecule has 2 heterocycles. The molecule has 1 fully saturated rings. The van der Waals surface area contributed by atoms with Gasteiger partial charge in [-0.25, -0.2) is 0 Å². The second-order valence-electron chi connectivity index (χ2n) is 9.67. The highest BCUT2D eigenvalue weighted by molar-refractivity contribution is 5.85. The van der Waals surface area contributed by atoms with Gasteiger partial charge in [0.1, 0.15) is 0 Å². The summed E-state index contributed by atoms with van der Waals surface area (Å²) in [4.78, 5) is 17.8. The molecule has 186 valence electrons. The molecule has 0 radical (unpaired) electrons. The molecular weight excluding hydrogens is 465 g/mol. The van der Waals surface area contributed by atoms with E-state index < -0.39 is 24.0 Å². The van der Waals surface area contributed by atoms with Gasteiger partial charge in [0, 0.05) is 24.4 Å². The van der Waals surface area contributed by atoms with Crippen molar-refractivity contribution in [2.75, 3.05) is 25.5 Å². The van der Waals surface area contributed by atoms with Crippen molar-refractivity contribution >= 4 is 24.0 Å². The Morgan fingerprint density at radius 2 is 1.85 bits per heavy atom. The molecule has 1 amide bonds. The Kier molecular flexibility index (Phi) is 7.82. The lowest BCUT2D eigenvalue weighted by molar-refractivity contribution is -0.191. The molecule has 5 nitrogen and oxygen atoms in total. The number of fused-ring (bicyclic) bond motifs is 1. The highest BCUT2D eigenvalue weighted by Crippen LogP contribution is 2.41. The lowest BCUT2D eigenvalue weighted by Gasteiger charge is -2.33. The Hall–Kier alpha value is -2.32. The minimum atomic E-state index is -4.62. The Bertz CT molecular complexity index is 990. The highest BCUT2D eigenvalue weighted by Gasteiger charge is 2.47. The zero-order valence-corrected chi connectivity index (χ0v) is 20.5. The smallest absolute Gasteiger partial charge is 0.380 e. The van der Waals surface area contributed by atoms with E-state index in [1.165, 1.54) is 30.4 Å². The Balaban J connectivity index is 0.00000324. The molecule has 2 atom stereocenters. The number of piperidine rings is 1. The molecule has 0 saturated carbocycles. The number of hydrogen-bond donors (Lipinski definition) is 2. The molecule has 0 bridgehead atoms. The monoisotopic (exact) mass is 496 g/mol. The van der Waals surface area contributed by atoms with E-state index in [9.17, 15) is 18.0 Å². The van der Waals surface area contributed by atoms with Gasteiger partial charge in [-0.1, -0.05) is 38.1 Å². The van der Waals surface area contributed by atoms with Crippen LogP contribution in [0.5, 0.6) is 0 Å².